The molecule has 0 unspecified atom stereocenters. The zero-order chi connectivity index (χ0) is 17.7. The van der Waals surface area contributed by atoms with Gasteiger partial charge in [-0.3, -0.25) is 0 Å². The van der Waals surface area contributed by atoms with Gasteiger partial charge in [-0.1, -0.05) is 50.5 Å². The van der Waals surface area contributed by atoms with Gasteiger partial charge in [-0.15, -0.1) is 0 Å². The van der Waals surface area contributed by atoms with Crippen molar-refractivity contribution in [3.63, 3.8) is 0 Å². The van der Waals surface area contributed by atoms with Gasteiger partial charge in [0.15, 0.2) is 0 Å². The average Bonchev–Trinajstić information content (AvgIpc) is 2.57. The van der Waals surface area contributed by atoms with E-state index in [0.29, 0.717) is 11.4 Å². The molecule has 0 aliphatic carbocycles. The lowest BCUT2D eigenvalue weighted by atomic mass is 10.1. The van der Waals surface area contributed by atoms with E-state index in [0.717, 1.165) is 42.1 Å². The van der Waals surface area contributed by atoms with Crippen LogP contribution in [0.3, 0.4) is 0 Å². The van der Waals surface area contributed by atoms with Crippen molar-refractivity contribution in [1.29, 1.82) is 0 Å². The van der Waals surface area contributed by atoms with Crippen molar-refractivity contribution in [3.8, 4) is 0 Å². The van der Waals surface area contributed by atoms with E-state index >= 15 is 0 Å². The number of rotatable bonds is 8. The number of sulfonamides is 1. The van der Waals surface area contributed by atoms with Crippen LogP contribution in [-0.2, 0) is 10.0 Å². The molecule has 0 saturated heterocycles. The van der Waals surface area contributed by atoms with E-state index in [1.807, 2.05) is 49.3 Å². The third-order valence-electron chi connectivity index (χ3n) is 4.36. The molecule has 5 heteroatoms. The van der Waals surface area contributed by atoms with Gasteiger partial charge in [-0.2, -0.15) is 0 Å². The summed E-state index contributed by atoms with van der Waals surface area (Å²) in [4.78, 5) is 2.40. The maximum atomic E-state index is 13.0. The third kappa shape index (κ3) is 3.90. The van der Waals surface area contributed by atoms with Gasteiger partial charge >= 0.3 is 0 Å². The monoisotopic (exact) mass is 348 g/mol. The van der Waals surface area contributed by atoms with Crippen LogP contribution in [0.1, 0.15) is 32.6 Å². The van der Waals surface area contributed by atoms with E-state index in [9.17, 15) is 8.42 Å². The number of benzene rings is 2. The number of nitrogens with zero attached hydrogens (tertiary/aromatic N) is 2. The molecular weight excluding hydrogens is 320 g/mol. The molecular formula is C19H28N2O2S. The van der Waals surface area contributed by atoms with E-state index < -0.39 is 10.0 Å². The topological polar surface area (TPSA) is 40.6 Å². The van der Waals surface area contributed by atoms with Crippen molar-refractivity contribution in [2.75, 3.05) is 32.6 Å². The first-order valence-electron chi connectivity index (χ1n) is 8.55. The molecule has 2 aromatic carbocycles. The predicted octanol–water partition coefficient (Wildman–Crippen LogP) is 4.11. The fraction of sp³-hybridized carbons (Fsp3) is 0.474. The maximum Gasteiger partial charge on any atom is 0.243 e. The molecule has 0 amide bonds. The van der Waals surface area contributed by atoms with Crippen LogP contribution in [0.25, 0.3) is 10.8 Å². The normalized spacial score (nSPS) is 12.0. The quantitative estimate of drug-likeness (QED) is 0.674. The second-order valence-corrected chi connectivity index (χ2v) is 8.42. The van der Waals surface area contributed by atoms with Crippen LogP contribution >= 0.6 is 0 Å². The summed E-state index contributed by atoms with van der Waals surface area (Å²) in [6, 6.07) is 11.3. The highest BCUT2D eigenvalue weighted by Crippen LogP contribution is 2.31. The van der Waals surface area contributed by atoms with Gasteiger partial charge in [-0.25, -0.2) is 12.7 Å². The Morgan fingerprint density at radius 2 is 1.54 bits per heavy atom. The zero-order valence-electron chi connectivity index (χ0n) is 15.1. The third-order valence-corrected chi connectivity index (χ3v) is 6.27. The SMILES string of the molecule is CCCCCCN(C)S(=O)(=O)c1cccc2c(N(C)C)cccc12. The Hall–Kier alpha value is -1.59. The van der Waals surface area contributed by atoms with Crippen LogP contribution < -0.4 is 4.90 Å². The van der Waals surface area contributed by atoms with Gasteiger partial charge in [0.1, 0.15) is 0 Å². The van der Waals surface area contributed by atoms with Gasteiger partial charge in [0.25, 0.3) is 0 Å². The Morgan fingerprint density at radius 3 is 2.21 bits per heavy atom. The van der Waals surface area contributed by atoms with Crippen molar-refractivity contribution in [3.05, 3.63) is 36.4 Å². The second kappa shape index (κ2) is 7.99. The first kappa shape index (κ1) is 18.7. The van der Waals surface area contributed by atoms with Crippen LogP contribution in [0, 0.1) is 0 Å². The molecule has 0 atom stereocenters. The highest BCUT2D eigenvalue weighted by Gasteiger charge is 2.23. The molecule has 0 aromatic heterocycles. The van der Waals surface area contributed by atoms with Crippen molar-refractivity contribution in [1.82, 2.24) is 4.31 Å². The van der Waals surface area contributed by atoms with Crippen molar-refractivity contribution in [2.24, 2.45) is 0 Å². The molecule has 132 valence electrons. The minimum atomic E-state index is -3.48. The van der Waals surface area contributed by atoms with Gasteiger partial charge in [0.05, 0.1) is 4.90 Å². The molecule has 0 N–H and O–H groups in total. The molecule has 0 radical (unpaired) electrons. The summed E-state index contributed by atoms with van der Waals surface area (Å²) < 4.78 is 27.5. The highest BCUT2D eigenvalue weighted by molar-refractivity contribution is 7.89. The van der Waals surface area contributed by atoms with Crippen LogP contribution in [0.15, 0.2) is 41.3 Å². The lowest BCUT2D eigenvalue weighted by molar-refractivity contribution is 0.452. The van der Waals surface area contributed by atoms with E-state index in [1.165, 1.54) is 4.31 Å². The summed E-state index contributed by atoms with van der Waals surface area (Å²) in [7, 11) is 2.13. The molecule has 0 aliphatic rings. The minimum absolute atomic E-state index is 0.390. The Balaban J connectivity index is 2.38. The molecule has 0 fully saturated rings. The fourth-order valence-corrected chi connectivity index (χ4v) is 4.34. The Morgan fingerprint density at radius 1 is 0.875 bits per heavy atom. The minimum Gasteiger partial charge on any atom is -0.377 e. The fourth-order valence-electron chi connectivity index (χ4n) is 2.93. The molecule has 0 bridgehead atoms. The number of hydrogen-bond donors (Lipinski definition) is 0. The first-order valence-corrected chi connectivity index (χ1v) is 9.99. The van der Waals surface area contributed by atoms with Crippen LogP contribution in [0.4, 0.5) is 5.69 Å². The molecule has 0 saturated carbocycles. The smallest absolute Gasteiger partial charge is 0.243 e. The molecule has 0 aliphatic heterocycles. The summed E-state index contributed by atoms with van der Waals surface area (Å²) in [5.41, 5.74) is 1.02. The van der Waals surface area contributed by atoms with Gasteiger partial charge in [0.2, 0.25) is 10.0 Å². The zero-order valence-corrected chi connectivity index (χ0v) is 15.9. The van der Waals surface area contributed by atoms with E-state index in [1.54, 1.807) is 13.1 Å². The van der Waals surface area contributed by atoms with E-state index in [4.69, 9.17) is 0 Å². The Bertz CT molecular complexity index is 785. The van der Waals surface area contributed by atoms with Gasteiger partial charge in [0, 0.05) is 44.1 Å². The van der Waals surface area contributed by atoms with Crippen LogP contribution in [0.2, 0.25) is 0 Å². The van der Waals surface area contributed by atoms with E-state index in [2.05, 4.69) is 6.92 Å². The van der Waals surface area contributed by atoms with Crippen molar-refractivity contribution in [2.45, 2.75) is 37.5 Å². The average molecular weight is 349 g/mol. The number of anilines is 1. The molecule has 0 heterocycles. The number of unbranched alkanes of at least 4 members (excludes halogenated alkanes) is 3. The summed E-state index contributed by atoms with van der Waals surface area (Å²) in [5.74, 6) is 0. The largest absolute Gasteiger partial charge is 0.377 e. The Kier molecular flexibility index (Phi) is 6.24. The molecule has 2 rings (SSSR count). The predicted molar refractivity (Wildman–Crippen MR) is 102 cm³/mol. The second-order valence-electron chi connectivity index (χ2n) is 6.41. The van der Waals surface area contributed by atoms with Crippen LogP contribution in [0.5, 0.6) is 0 Å². The summed E-state index contributed by atoms with van der Waals surface area (Å²) in [6.45, 7) is 2.71. The lowest BCUT2D eigenvalue weighted by Crippen LogP contribution is -2.28. The highest BCUT2D eigenvalue weighted by atomic mass is 32.2. The number of hydrogen-bond acceptors (Lipinski definition) is 3. The summed E-state index contributed by atoms with van der Waals surface area (Å²) in [6.07, 6.45) is 4.26. The molecule has 0 spiro atoms. The standard InChI is InChI=1S/C19H28N2O2S/c1-5-6-7-8-15-21(4)24(22,23)19-14-10-11-16-17(19)12-9-13-18(16)20(2)3/h9-14H,5-8,15H2,1-4H3. The summed E-state index contributed by atoms with van der Waals surface area (Å²) >= 11 is 0. The van der Waals surface area contributed by atoms with Crippen molar-refractivity contribution >= 4 is 26.5 Å². The van der Waals surface area contributed by atoms with Crippen LogP contribution in [-0.4, -0.2) is 40.4 Å². The molecule has 24 heavy (non-hydrogen) atoms. The van der Waals surface area contributed by atoms with Gasteiger partial charge < -0.3 is 4.90 Å². The lowest BCUT2D eigenvalue weighted by Gasteiger charge is -2.20. The van der Waals surface area contributed by atoms with E-state index in [-0.39, 0.29) is 0 Å². The molecule has 4 nitrogen and oxygen atoms in total. The molecule has 2 aromatic rings. The summed E-state index contributed by atoms with van der Waals surface area (Å²) in [5, 5.41) is 1.74. The number of fused-ring (bicyclic) bond motifs is 1. The Labute approximate surface area is 146 Å². The maximum absolute atomic E-state index is 13.0. The first-order chi connectivity index (χ1) is 11.4. The van der Waals surface area contributed by atoms with Gasteiger partial charge in [-0.05, 0) is 18.6 Å². The van der Waals surface area contributed by atoms with Crippen molar-refractivity contribution < 1.29 is 8.42 Å².